The Hall–Kier alpha value is -2.33. The van der Waals surface area contributed by atoms with Crippen molar-refractivity contribution < 1.29 is 14.3 Å². The van der Waals surface area contributed by atoms with Crippen LogP contribution in [0.25, 0.3) is 0 Å². The predicted molar refractivity (Wildman–Crippen MR) is 89.9 cm³/mol. The molecule has 0 aliphatic rings. The van der Waals surface area contributed by atoms with Crippen LogP contribution in [-0.2, 0) is 11.3 Å². The lowest BCUT2D eigenvalue weighted by Gasteiger charge is -2.09. The molecule has 0 aliphatic carbocycles. The summed E-state index contributed by atoms with van der Waals surface area (Å²) >= 11 is 5.78. The Morgan fingerprint density at radius 1 is 1.04 bits per heavy atom. The monoisotopic (exact) mass is 331 g/mol. The molecule has 0 unspecified atom stereocenters. The average molecular weight is 332 g/mol. The standard InChI is InChI=1S/C18H18ClNO3/c1-23-17-5-3-2-4-14(17)12-20-18(22)11-10-16(21)13-6-8-15(19)9-7-13/h2-9H,10-12H2,1H3,(H,20,22). The van der Waals surface area contributed by atoms with Gasteiger partial charge in [0.1, 0.15) is 5.75 Å². The molecular weight excluding hydrogens is 314 g/mol. The zero-order chi connectivity index (χ0) is 16.7. The number of ether oxygens (including phenoxy) is 1. The number of carbonyl (C=O) groups excluding carboxylic acids is 2. The molecule has 0 atom stereocenters. The molecular formula is C18H18ClNO3. The summed E-state index contributed by atoms with van der Waals surface area (Å²) in [6.45, 7) is 0.373. The number of rotatable bonds is 7. The Kier molecular flexibility index (Phi) is 6.18. The van der Waals surface area contributed by atoms with E-state index in [0.29, 0.717) is 17.1 Å². The Morgan fingerprint density at radius 2 is 1.74 bits per heavy atom. The lowest BCUT2D eigenvalue weighted by atomic mass is 10.1. The molecule has 0 saturated heterocycles. The molecule has 0 saturated carbocycles. The molecule has 0 fully saturated rings. The summed E-state index contributed by atoms with van der Waals surface area (Å²) in [4.78, 5) is 23.9. The van der Waals surface area contributed by atoms with E-state index >= 15 is 0 Å². The molecule has 23 heavy (non-hydrogen) atoms. The van der Waals surface area contributed by atoms with Gasteiger partial charge in [0.2, 0.25) is 5.91 Å². The van der Waals surface area contributed by atoms with E-state index in [-0.39, 0.29) is 24.5 Å². The molecule has 0 aliphatic heterocycles. The van der Waals surface area contributed by atoms with E-state index < -0.39 is 0 Å². The SMILES string of the molecule is COc1ccccc1CNC(=O)CCC(=O)c1ccc(Cl)cc1. The maximum atomic E-state index is 12.0. The zero-order valence-electron chi connectivity index (χ0n) is 12.8. The van der Waals surface area contributed by atoms with Crippen molar-refractivity contribution in [1.82, 2.24) is 5.32 Å². The largest absolute Gasteiger partial charge is 0.496 e. The second-order valence-corrected chi connectivity index (χ2v) is 5.46. The number of ketones is 1. The van der Waals surface area contributed by atoms with Gasteiger partial charge in [0, 0.05) is 35.5 Å². The molecule has 0 spiro atoms. The number of carbonyl (C=O) groups is 2. The first-order valence-corrected chi connectivity index (χ1v) is 7.65. The van der Waals surface area contributed by atoms with E-state index in [4.69, 9.17) is 16.3 Å². The molecule has 0 heterocycles. The summed E-state index contributed by atoms with van der Waals surface area (Å²) in [6, 6.07) is 14.1. The minimum atomic E-state index is -0.168. The van der Waals surface area contributed by atoms with Crippen molar-refractivity contribution in [2.75, 3.05) is 7.11 Å². The molecule has 0 radical (unpaired) electrons. The van der Waals surface area contributed by atoms with Gasteiger partial charge in [-0.15, -0.1) is 0 Å². The molecule has 0 bridgehead atoms. The van der Waals surface area contributed by atoms with Crippen molar-refractivity contribution >= 4 is 23.3 Å². The van der Waals surface area contributed by atoms with Crippen molar-refractivity contribution in [1.29, 1.82) is 0 Å². The fraction of sp³-hybridized carbons (Fsp3) is 0.222. The first-order chi connectivity index (χ1) is 11.1. The minimum Gasteiger partial charge on any atom is -0.496 e. The zero-order valence-corrected chi connectivity index (χ0v) is 13.6. The fourth-order valence-electron chi connectivity index (χ4n) is 2.14. The van der Waals surface area contributed by atoms with E-state index in [1.54, 1.807) is 31.4 Å². The molecule has 120 valence electrons. The van der Waals surface area contributed by atoms with Gasteiger partial charge < -0.3 is 10.1 Å². The van der Waals surface area contributed by atoms with Crippen LogP contribution in [0.1, 0.15) is 28.8 Å². The van der Waals surface area contributed by atoms with Crippen molar-refractivity contribution in [2.24, 2.45) is 0 Å². The van der Waals surface area contributed by atoms with Crippen molar-refractivity contribution in [2.45, 2.75) is 19.4 Å². The van der Waals surface area contributed by atoms with Gasteiger partial charge in [-0.2, -0.15) is 0 Å². The van der Waals surface area contributed by atoms with Crippen LogP contribution in [0, 0.1) is 0 Å². The van der Waals surface area contributed by atoms with E-state index in [2.05, 4.69) is 5.32 Å². The number of para-hydroxylation sites is 1. The highest BCUT2D eigenvalue weighted by Crippen LogP contribution is 2.17. The highest BCUT2D eigenvalue weighted by atomic mass is 35.5. The molecule has 2 aromatic rings. The highest BCUT2D eigenvalue weighted by Gasteiger charge is 2.10. The van der Waals surface area contributed by atoms with E-state index in [1.807, 2.05) is 24.3 Å². The van der Waals surface area contributed by atoms with Crippen LogP contribution in [0.5, 0.6) is 5.75 Å². The molecule has 1 N–H and O–H groups in total. The Balaban J connectivity index is 1.81. The molecule has 1 amide bonds. The maximum absolute atomic E-state index is 12.0. The lowest BCUT2D eigenvalue weighted by molar-refractivity contribution is -0.121. The number of hydrogen-bond acceptors (Lipinski definition) is 3. The van der Waals surface area contributed by atoms with Gasteiger partial charge in [-0.05, 0) is 30.3 Å². The molecule has 0 aromatic heterocycles. The summed E-state index contributed by atoms with van der Waals surface area (Å²) in [6.07, 6.45) is 0.315. The van der Waals surface area contributed by atoms with Gasteiger partial charge >= 0.3 is 0 Å². The van der Waals surface area contributed by atoms with Gasteiger partial charge in [-0.25, -0.2) is 0 Å². The Labute approximate surface area is 140 Å². The van der Waals surface area contributed by atoms with Crippen LogP contribution >= 0.6 is 11.6 Å². The second-order valence-electron chi connectivity index (χ2n) is 5.02. The lowest BCUT2D eigenvalue weighted by Crippen LogP contribution is -2.23. The van der Waals surface area contributed by atoms with E-state index in [9.17, 15) is 9.59 Å². The Bertz CT molecular complexity index is 683. The van der Waals surface area contributed by atoms with Crippen LogP contribution in [0.15, 0.2) is 48.5 Å². The smallest absolute Gasteiger partial charge is 0.220 e. The normalized spacial score (nSPS) is 10.2. The van der Waals surface area contributed by atoms with Crippen LogP contribution in [-0.4, -0.2) is 18.8 Å². The van der Waals surface area contributed by atoms with E-state index in [1.165, 1.54) is 0 Å². The number of amides is 1. The first kappa shape index (κ1) is 17.0. The third kappa shape index (κ3) is 5.11. The van der Waals surface area contributed by atoms with Crippen molar-refractivity contribution in [3.8, 4) is 5.75 Å². The maximum Gasteiger partial charge on any atom is 0.220 e. The van der Waals surface area contributed by atoms with E-state index in [0.717, 1.165) is 11.3 Å². The predicted octanol–water partition coefficient (Wildman–Crippen LogP) is 3.63. The summed E-state index contributed by atoms with van der Waals surface area (Å²) in [5.74, 6) is 0.484. The van der Waals surface area contributed by atoms with Gasteiger partial charge in [0.15, 0.2) is 5.78 Å². The van der Waals surface area contributed by atoms with Crippen LogP contribution < -0.4 is 10.1 Å². The number of hydrogen-bond donors (Lipinski definition) is 1. The molecule has 2 aromatic carbocycles. The van der Waals surface area contributed by atoms with Gasteiger partial charge in [-0.1, -0.05) is 29.8 Å². The van der Waals surface area contributed by atoms with Crippen molar-refractivity contribution in [3.63, 3.8) is 0 Å². The number of nitrogens with one attached hydrogen (secondary N) is 1. The Morgan fingerprint density at radius 3 is 2.43 bits per heavy atom. The number of methoxy groups -OCH3 is 1. The van der Waals surface area contributed by atoms with Gasteiger partial charge in [0.05, 0.1) is 7.11 Å². The van der Waals surface area contributed by atoms with Gasteiger partial charge in [0.25, 0.3) is 0 Å². The quantitative estimate of drug-likeness (QED) is 0.788. The third-order valence-electron chi connectivity index (χ3n) is 3.41. The van der Waals surface area contributed by atoms with Crippen LogP contribution in [0.2, 0.25) is 5.02 Å². The molecule has 5 heteroatoms. The summed E-state index contributed by atoms with van der Waals surface area (Å²) in [5.41, 5.74) is 1.46. The average Bonchev–Trinajstić information content (AvgIpc) is 2.58. The highest BCUT2D eigenvalue weighted by molar-refractivity contribution is 6.30. The summed E-state index contributed by atoms with van der Waals surface area (Å²) < 4.78 is 5.23. The van der Waals surface area contributed by atoms with Gasteiger partial charge in [-0.3, -0.25) is 9.59 Å². The topological polar surface area (TPSA) is 55.4 Å². The first-order valence-electron chi connectivity index (χ1n) is 7.27. The second kappa shape index (κ2) is 8.34. The fourth-order valence-corrected chi connectivity index (χ4v) is 2.26. The minimum absolute atomic E-state index is 0.0749. The number of benzene rings is 2. The number of halogens is 1. The van der Waals surface area contributed by atoms with Crippen molar-refractivity contribution in [3.05, 3.63) is 64.7 Å². The van der Waals surface area contributed by atoms with Crippen LogP contribution in [0.3, 0.4) is 0 Å². The summed E-state index contributed by atoms with van der Waals surface area (Å²) in [7, 11) is 1.59. The molecule has 2 rings (SSSR count). The number of Topliss-reactive ketones (excluding diaryl/α,β-unsaturated/α-hetero) is 1. The third-order valence-corrected chi connectivity index (χ3v) is 3.67. The van der Waals surface area contributed by atoms with Crippen LogP contribution in [0.4, 0.5) is 0 Å². The molecule has 4 nitrogen and oxygen atoms in total. The summed E-state index contributed by atoms with van der Waals surface area (Å²) in [5, 5.41) is 3.38.